The van der Waals surface area contributed by atoms with Crippen LogP contribution >= 0.6 is 15.9 Å². The Bertz CT molecular complexity index is 403. The maximum atomic E-state index is 11.5. The van der Waals surface area contributed by atoms with E-state index in [1.807, 2.05) is 18.2 Å². The zero-order chi connectivity index (χ0) is 11.5. The van der Waals surface area contributed by atoms with Crippen molar-refractivity contribution in [3.05, 3.63) is 28.2 Å². The minimum Gasteiger partial charge on any atom is -0.478 e. The van der Waals surface area contributed by atoms with Gasteiger partial charge >= 0.3 is 5.97 Å². The quantitative estimate of drug-likeness (QED) is 0.784. The largest absolute Gasteiger partial charge is 0.478 e. The van der Waals surface area contributed by atoms with Crippen molar-refractivity contribution in [1.82, 2.24) is 0 Å². The molecule has 16 heavy (non-hydrogen) atoms. The van der Waals surface area contributed by atoms with Gasteiger partial charge in [0, 0.05) is 4.47 Å². The molecule has 0 bridgehead atoms. The van der Waals surface area contributed by atoms with Crippen LogP contribution < -0.4 is 4.74 Å². The molecule has 0 N–H and O–H groups in total. The second-order valence-corrected chi connectivity index (χ2v) is 4.56. The van der Waals surface area contributed by atoms with Crippen molar-refractivity contribution >= 4 is 21.9 Å². The van der Waals surface area contributed by atoms with Gasteiger partial charge in [0.2, 0.25) is 0 Å². The number of ether oxygens (including phenoxy) is 2. The number of carbonyl (C=O) groups is 1. The Morgan fingerprint density at radius 2 is 2.44 bits per heavy atom. The molecule has 1 atom stereocenters. The van der Waals surface area contributed by atoms with Crippen molar-refractivity contribution in [3.8, 4) is 5.75 Å². The van der Waals surface area contributed by atoms with Crippen LogP contribution in [0.5, 0.6) is 5.75 Å². The van der Waals surface area contributed by atoms with E-state index in [9.17, 15) is 4.79 Å². The van der Waals surface area contributed by atoms with Crippen molar-refractivity contribution in [1.29, 1.82) is 0 Å². The number of aryl methyl sites for hydroxylation is 1. The minimum absolute atomic E-state index is 0.270. The predicted octanol–water partition coefficient (Wildman–Crippen LogP) is 2.71. The van der Waals surface area contributed by atoms with Crippen molar-refractivity contribution in [3.63, 3.8) is 0 Å². The highest BCUT2D eigenvalue weighted by atomic mass is 79.9. The lowest BCUT2D eigenvalue weighted by atomic mass is 10.0. The van der Waals surface area contributed by atoms with E-state index in [4.69, 9.17) is 9.47 Å². The fourth-order valence-corrected chi connectivity index (χ4v) is 2.08. The van der Waals surface area contributed by atoms with E-state index < -0.39 is 6.10 Å². The van der Waals surface area contributed by atoms with Gasteiger partial charge in [-0.15, -0.1) is 0 Å². The first-order chi connectivity index (χ1) is 7.70. The summed E-state index contributed by atoms with van der Waals surface area (Å²) < 4.78 is 11.5. The Balaban J connectivity index is 2.13. The van der Waals surface area contributed by atoms with Gasteiger partial charge in [-0.3, -0.25) is 0 Å². The number of carbonyl (C=O) groups excluding carboxylic acids is 1. The molecule has 1 heterocycles. The van der Waals surface area contributed by atoms with E-state index in [-0.39, 0.29) is 5.97 Å². The van der Waals surface area contributed by atoms with Crippen LogP contribution in [0.3, 0.4) is 0 Å². The Kier molecular flexibility index (Phi) is 3.49. The summed E-state index contributed by atoms with van der Waals surface area (Å²) in [4.78, 5) is 11.5. The summed E-state index contributed by atoms with van der Waals surface area (Å²) in [5.41, 5.74) is 1.14. The molecule has 1 aromatic carbocycles. The van der Waals surface area contributed by atoms with Gasteiger partial charge in [0.1, 0.15) is 5.75 Å². The van der Waals surface area contributed by atoms with Crippen molar-refractivity contribution in [2.75, 3.05) is 6.61 Å². The van der Waals surface area contributed by atoms with E-state index in [0.717, 1.165) is 22.2 Å². The number of hydrogen-bond donors (Lipinski definition) is 0. The van der Waals surface area contributed by atoms with E-state index in [1.54, 1.807) is 6.92 Å². The summed E-state index contributed by atoms with van der Waals surface area (Å²) in [6.07, 6.45) is 1.08. The van der Waals surface area contributed by atoms with E-state index in [0.29, 0.717) is 13.0 Å². The second-order valence-electron chi connectivity index (χ2n) is 3.65. The van der Waals surface area contributed by atoms with Crippen LogP contribution in [0.25, 0.3) is 0 Å². The Labute approximate surface area is 103 Å². The fraction of sp³-hybridized carbons (Fsp3) is 0.417. The SMILES string of the molecule is CCOC(=O)C1CCc2ccc(Br)cc2O1. The first kappa shape index (κ1) is 11.5. The number of rotatable bonds is 2. The molecule has 2 rings (SSSR count). The highest BCUT2D eigenvalue weighted by Gasteiger charge is 2.27. The smallest absolute Gasteiger partial charge is 0.347 e. The topological polar surface area (TPSA) is 35.5 Å². The summed E-state index contributed by atoms with van der Waals surface area (Å²) in [6, 6.07) is 5.88. The number of benzene rings is 1. The molecule has 1 unspecified atom stereocenters. The molecular weight excluding hydrogens is 272 g/mol. The summed E-state index contributed by atoms with van der Waals surface area (Å²) >= 11 is 3.38. The van der Waals surface area contributed by atoms with Crippen molar-refractivity contribution in [2.45, 2.75) is 25.9 Å². The van der Waals surface area contributed by atoms with Gasteiger partial charge in [-0.25, -0.2) is 4.79 Å². The molecule has 0 fully saturated rings. The molecule has 86 valence electrons. The van der Waals surface area contributed by atoms with Crippen LogP contribution in [0.1, 0.15) is 18.9 Å². The van der Waals surface area contributed by atoms with Crippen LogP contribution in [0.15, 0.2) is 22.7 Å². The first-order valence-corrected chi connectivity index (χ1v) is 6.11. The standard InChI is InChI=1S/C12H13BrO3/c1-2-15-12(14)10-6-4-8-3-5-9(13)7-11(8)16-10/h3,5,7,10H,2,4,6H2,1H3. The highest BCUT2D eigenvalue weighted by Crippen LogP contribution is 2.30. The molecule has 1 aliphatic rings. The normalized spacial score (nSPS) is 18.5. The van der Waals surface area contributed by atoms with Gasteiger partial charge in [-0.2, -0.15) is 0 Å². The zero-order valence-electron chi connectivity index (χ0n) is 9.03. The molecule has 0 amide bonds. The number of fused-ring (bicyclic) bond motifs is 1. The molecule has 0 saturated carbocycles. The molecule has 0 saturated heterocycles. The lowest BCUT2D eigenvalue weighted by Gasteiger charge is -2.24. The van der Waals surface area contributed by atoms with Crippen LogP contribution in [0, 0.1) is 0 Å². The van der Waals surface area contributed by atoms with Gasteiger partial charge < -0.3 is 9.47 Å². The highest BCUT2D eigenvalue weighted by molar-refractivity contribution is 9.10. The molecule has 1 aromatic rings. The third-order valence-corrected chi connectivity index (χ3v) is 3.02. The van der Waals surface area contributed by atoms with E-state index in [2.05, 4.69) is 15.9 Å². The number of esters is 1. The molecule has 0 spiro atoms. The van der Waals surface area contributed by atoms with Crippen LogP contribution in [-0.2, 0) is 16.0 Å². The van der Waals surface area contributed by atoms with Crippen LogP contribution in [0.4, 0.5) is 0 Å². The molecule has 0 aliphatic carbocycles. The second kappa shape index (κ2) is 4.87. The van der Waals surface area contributed by atoms with Gasteiger partial charge in [0.05, 0.1) is 6.61 Å². The molecule has 1 aliphatic heterocycles. The van der Waals surface area contributed by atoms with Crippen molar-refractivity contribution < 1.29 is 14.3 Å². The monoisotopic (exact) mass is 284 g/mol. The van der Waals surface area contributed by atoms with Gasteiger partial charge in [0.25, 0.3) is 0 Å². The van der Waals surface area contributed by atoms with Gasteiger partial charge in [0.15, 0.2) is 6.10 Å². The lowest BCUT2D eigenvalue weighted by Crippen LogP contribution is -2.32. The van der Waals surface area contributed by atoms with Crippen molar-refractivity contribution in [2.24, 2.45) is 0 Å². The zero-order valence-corrected chi connectivity index (χ0v) is 10.6. The van der Waals surface area contributed by atoms with Gasteiger partial charge in [-0.05, 0) is 37.5 Å². The van der Waals surface area contributed by atoms with Crippen LogP contribution in [-0.4, -0.2) is 18.7 Å². The molecule has 3 nitrogen and oxygen atoms in total. The summed E-state index contributed by atoms with van der Waals surface area (Å²) in [6.45, 7) is 2.19. The minimum atomic E-state index is -0.457. The third-order valence-electron chi connectivity index (χ3n) is 2.52. The third kappa shape index (κ3) is 2.38. The Hall–Kier alpha value is -1.03. The summed E-state index contributed by atoms with van der Waals surface area (Å²) in [5, 5.41) is 0. The lowest BCUT2D eigenvalue weighted by molar-refractivity contribution is -0.152. The predicted molar refractivity (Wildman–Crippen MR) is 63.5 cm³/mol. The molecule has 0 aromatic heterocycles. The Morgan fingerprint density at radius 1 is 1.62 bits per heavy atom. The maximum Gasteiger partial charge on any atom is 0.347 e. The van der Waals surface area contributed by atoms with Crippen LogP contribution in [0.2, 0.25) is 0 Å². The average Bonchev–Trinajstić information content (AvgIpc) is 2.28. The fourth-order valence-electron chi connectivity index (χ4n) is 1.74. The molecule has 4 heteroatoms. The number of halogens is 1. The maximum absolute atomic E-state index is 11.5. The number of hydrogen-bond acceptors (Lipinski definition) is 3. The van der Waals surface area contributed by atoms with E-state index in [1.165, 1.54) is 0 Å². The molecule has 0 radical (unpaired) electrons. The molecular formula is C12H13BrO3. The Morgan fingerprint density at radius 3 is 3.19 bits per heavy atom. The van der Waals surface area contributed by atoms with E-state index >= 15 is 0 Å². The summed E-state index contributed by atoms with van der Waals surface area (Å²) in [7, 11) is 0. The summed E-state index contributed by atoms with van der Waals surface area (Å²) in [5.74, 6) is 0.506. The van der Waals surface area contributed by atoms with Gasteiger partial charge in [-0.1, -0.05) is 22.0 Å². The first-order valence-electron chi connectivity index (χ1n) is 5.32. The average molecular weight is 285 g/mol.